The maximum atomic E-state index is 11.0. The van der Waals surface area contributed by atoms with Gasteiger partial charge in [0.1, 0.15) is 24.9 Å². The molecular formula is C14H19NO4. The number of ether oxygens (including phenoxy) is 2. The second kappa shape index (κ2) is 6.54. The quantitative estimate of drug-likeness (QED) is 0.726. The molecule has 19 heavy (non-hydrogen) atoms. The number of benzene rings is 1. The van der Waals surface area contributed by atoms with E-state index in [1.54, 1.807) is 7.11 Å². The maximum Gasteiger partial charge on any atom is 0.118 e. The number of rotatable bonds is 5. The minimum Gasteiger partial charge on any atom is -0.550 e. The highest BCUT2D eigenvalue weighted by atomic mass is 16.5. The van der Waals surface area contributed by atoms with Crippen molar-refractivity contribution in [3.05, 3.63) is 29.8 Å². The van der Waals surface area contributed by atoms with Crippen molar-refractivity contribution >= 4 is 5.97 Å². The van der Waals surface area contributed by atoms with Crippen LogP contribution in [0, 0.1) is 0 Å². The molecule has 0 radical (unpaired) electrons. The second-order valence-electron chi connectivity index (χ2n) is 4.67. The molecule has 2 rings (SSSR count). The first kappa shape index (κ1) is 13.8. The fraction of sp³-hybridized carbons (Fsp3) is 0.500. The molecule has 1 N–H and O–H groups in total. The highest BCUT2D eigenvalue weighted by Gasteiger charge is 2.26. The lowest BCUT2D eigenvalue weighted by molar-refractivity contribution is -0.938. The molecule has 0 amide bonds. The first-order valence-electron chi connectivity index (χ1n) is 6.47. The number of carboxylic acid groups (broad SMARTS) is 1. The Balaban J connectivity index is 2.17. The van der Waals surface area contributed by atoms with Crippen LogP contribution in [-0.4, -0.2) is 39.4 Å². The van der Waals surface area contributed by atoms with Gasteiger partial charge in [0, 0.05) is 18.0 Å². The molecule has 1 aromatic rings. The van der Waals surface area contributed by atoms with Gasteiger partial charge in [0.05, 0.1) is 20.3 Å². The minimum absolute atomic E-state index is 0.0294. The molecule has 104 valence electrons. The fourth-order valence-electron chi connectivity index (χ4n) is 2.48. The summed E-state index contributed by atoms with van der Waals surface area (Å²) in [5.74, 6) is -0.243. The first-order chi connectivity index (χ1) is 9.20. The lowest BCUT2D eigenvalue weighted by Crippen LogP contribution is -3.14. The van der Waals surface area contributed by atoms with Gasteiger partial charge in [-0.3, -0.25) is 0 Å². The number of morpholine rings is 1. The van der Waals surface area contributed by atoms with E-state index in [4.69, 9.17) is 9.47 Å². The molecule has 1 aromatic carbocycles. The molecule has 1 aliphatic rings. The summed E-state index contributed by atoms with van der Waals surface area (Å²) >= 11 is 0. The lowest BCUT2D eigenvalue weighted by Gasteiger charge is -2.32. The third kappa shape index (κ3) is 3.68. The number of methoxy groups -OCH3 is 1. The summed E-state index contributed by atoms with van der Waals surface area (Å²) < 4.78 is 10.4. The third-order valence-electron chi connectivity index (χ3n) is 3.52. The van der Waals surface area contributed by atoms with E-state index in [0.29, 0.717) is 13.2 Å². The Hall–Kier alpha value is -1.59. The zero-order chi connectivity index (χ0) is 13.7. The van der Waals surface area contributed by atoms with Gasteiger partial charge >= 0.3 is 0 Å². The number of carbonyl (C=O) groups excluding carboxylic acids is 1. The van der Waals surface area contributed by atoms with Crippen LogP contribution < -0.4 is 14.7 Å². The van der Waals surface area contributed by atoms with E-state index in [1.165, 1.54) is 4.90 Å². The normalized spacial score (nSPS) is 17.9. The Kier molecular flexibility index (Phi) is 4.76. The van der Waals surface area contributed by atoms with Gasteiger partial charge in [-0.1, -0.05) is 0 Å². The summed E-state index contributed by atoms with van der Waals surface area (Å²) in [4.78, 5) is 12.2. The monoisotopic (exact) mass is 265 g/mol. The topological polar surface area (TPSA) is 63.0 Å². The molecule has 0 unspecified atom stereocenters. The molecule has 0 aromatic heterocycles. The van der Waals surface area contributed by atoms with Gasteiger partial charge in [-0.05, 0) is 24.3 Å². The molecule has 0 aliphatic carbocycles. The van der Waals surface area contributed by atoms with Gasteiger partial charge in [0.15, 0.2) is 0 Å². The van der Waals surface area contributed by atoms with Crippen LogP contribution in [0.1, 0.15) is 18.0 Å². The van der Waals surface area contributed by atoms with E-state index in [0.717, 1.165) is 24.4 Å². The smallest absolute Gasteiger partial charge is 0.118 e. The number of hydrogen-bond donors (Lipinski definition) is 1. The Labute approximate surface area is 112 Å². The van der Waals surface area contributed by atoms with Crippen molar-refractivity contribution in [3.63, 3.8) is 0 Å². The number of aliphatic carboxylic acids is 1. The van der Waals surface area contributed by atoms with Crippen LogP contribution in [-0.2, 0) is 9.53 Å². The highest BCUT2D eigenvalue weighted by Crippen LogP contribution is 2.18. The maximum absolute atomic E-state index is 11.0. The van der Waals surface area contributed by atoms with E-state index in [1.807, 2.05) is 24.3 Å². The molecule has 5 heteroatoms. The molecular weight excluding hydrogens is 246 g/mol. The number of nitrogens with one attached hydrogen (secondary N) is 1. The summed E-state index contributed by atoms with van der Waals surface area (Å²) in [6.07, 6.45) is 0.0294. The Morgan fingerprint density at radius 2 is 2.00 bits per heavy atom. The van der Waals surface area contributed by atoms with Crippen LogP contribution in [0.2, 0.25) is 0 Å². The zero-order valence-electron chi connectivity index (χ0n) is 11.1. The van der Waals surface area contributed by atoms with E-state index < -0.39 is 5.97 Å². The van der Waals surface area contributed by atoms with Gasteiger partial charge in [-0.25, -0.2) is 0 Å². The van der Waals surface area contributed by atoms with Crippen LogP contribution in [0.5, 0.6) is 5.75 Å². The summed E-state index contributed by atoms with van der Waals surface area (Å²) in [5, 5.41) is 11.0. The molecule has 0 bridgehead atoms. The van der Waals surface area contributed by atoms with Crippen molar-refractivity contribution in [2.45, 2.75) is 12.5 Å². The SMILES string of the molecule is COc1ccc([C@H](CC(=O)[O-])[NH+]2CCOCC2)cc1. The van der Waals surface area contributed by atoms with Gasteiger partial charge in [0.25, 0.3) is 0 Å². The van der Waals surface area contributed by atoms with Gasteiger partial charge in [-0.15, -0.1) is 0 Å². The Morgan fingerprint density at radius 1 is 1.37 bits per heavy atom. The van der Waals surface area contributed by atoms with E-state index in [2.05, 4.69) is 0 Å². The van der Waals surface area contributed by atoms with Crippen molar-refractivity contribution in [3.8, 4) is 5.75 Å². The molecule has 1 fully saturated rings. The molecule has 1 heterocycles. The first-order valence-corrected chi connectivity index (χ1v) is 6.47. The zero-order valence-corrected chi connectivity index (χ0v) is 11.1. The van der Waals surface area contributed by atoms with Crippen molar-refractivity contribution < 1.29 is 24.3 Å². The second-order valence-corrected chi connectivity index (χ2v) is 4.67. The van der Waals surface area contributed by atoms with Crippen LogP contribution >= 0.6 is 0 Å². The average molecular weight is 265 g/mol. The molecule has 0 saturated carbocycles. The lowest BCUT2D eigenvalue weighted by atomic mass is 10.0. The molecule has 1 aliphatic heterocycles. The van der Waals surface area contributed by atoms with Crippen molar-refractivity contribution in [1.82, 2.24) is 0 Å². The minimum atomic E-state index is -1.01. The summed E-state index contributed by atoms with van der Waals surface area (Å²) in [6.45, 7) is 3.00. The molecule has 0 spiro atoms. The van der Waals surface area contributed by atoms with Crippen molar-refractivity contribution in [2.75, 3.05) is 33.4 Å². The van der Waals surface area contributed by atoms with E-state index >= 15 is 0 Å². The van der Waals surface area contributed by atoms with Crippen LogP contribution in [0.15, 0.2) is 24.3 Å². The molecule has 1 saturated heterocycles. The number of carboxylic acids is 1. The van der Waals surface area contributed by atoms with Gasteiger partial charge in [0.2, 0.25) is 0 Å². The average Bonchev–Trinajstić information content (AvgIpc) is 2.46. The summed E-state index contributed by atoms with van der Waals surface area (Å²) in [7, 11) is 1.61. The van der Waals surface area contributed by atoms with Crippen molar-refractivity contribution in [1.29, 1.82) is 0 Å². The Morgan fingerprint density at radius 3 is 2.53 bits per heavy atom. The van der Waals surface area contributed by atoms with Crippen LogP contribution in [0.4, 0.5) is 0 Å². The van der Waals surface area contributed by atoms with Crippen molar-refractivity contribution in [2.24, 2.45) is 0 Å². The van der Waals surface area contributed by atoms with E-state index in [9.17, 15) is 9.90 Å². The standard InChI is InChI=1S/C14H19NO4/c1-18-12-4-2-11(3-5-12)13(10-14(16)17)15-6-8-19-9-7-15/h2-5,13H,6-10H2,1H3,(H,16,17)/t13-/m0/s1. The number of hydrogen-bond acceptors (Lipinski definition) is 4. The van der Waals surface area contributed by atoms with Crippen LogP contribution in [0.25, 0.3) is 0 Å². The number of carbonyl (C=O) groups is 1. The number of quaternary nitrogens is 1. The summed E-state index contributed by atoms with van der Waals surface area (Å²) in [6, 6.07) is 7.48. The van der Waals surface area contributed by atoms with Gasteiger partial charge in [-0.2, -0.15) is 0 Å². The fourth-order valence-corrected chi connectivity index (χ4v) is 2.48. The molecule has 1 atom stereocenters. The van der Waals surface area contributed by atoms with Crippen LogP contribution in [0.3, 0.4) is 0 Å². The predicted molar refractivity (Wildman–Crippen MR) is 66.9 cm³/mol. The largest absolute Gasteiger partial charge is 0.550 e. The van der Waals surface area contributed by atoms with Gasteiger partial charge < -0.3 is 24.3 Å². The predicted octanol–water partition coefficient (Wildman–Crippen LogP) is -1.21. The van der Waals surface area contributed by atoms with E-state index in [-0.39, 0.29) is 12.5 Å². The summed E-state index contributed by atoms with van der Waals surface area (Å²) in [5.41, 5.74) is 1.00. The molecule has 5 nitrogen and oxygen atoms in total. The highest BCUT2D eigenvalue weighted by molar-refractivity contribution is 5.65. The Bertz CT molecular complexity index is 412. The third-order valence-corrected chi connectivity index (χ3v) is 3.52.